The van der Waals surface area contributed by atoms with E-state index in [9.17, 15) is 4.79 Å². The number of fused-ring (bicyclic) bond motifs is 2. The number of hydrogen-bond acceptors (Lipinski definition) is 3. The Morgan fingerprint density at radius 2 is 2.11 bits per heavy atom. The minimum atomic E-state index is 0.00614. The van der Waals surface area contributed by atoms with E-state index in [0.717, 1.165) is 18.5 Å². The van der Waals surface area contributed by atoms with Crippen molar-refractivity contribution < 1.29 is 9.53 Å². The van der Waals surface area contributed by atoms with E-state index in [4.69, 9.17) is 4.74 Å². The first-order valence-electron chi connectivity index (χ1n) is 6.96. The van der Waals surface area contributed by atoms with Crippen LogP contribution in [0.15, 0.2) is 24.3 Å². The van der Waals surface area contributed by atoms with Crippen molar-refractivity contribution in [2.24, 2.45) is 0 Å². The second-order valence-corrected chi connectivity index (χ2v) is 5.51. The van der Waals surface area contributed by atoms with E-state index in [-0.39, 0.29) is 5.91 Å². The number of hydrogen-bond donors (Lipinski definition) is 2. The van der Waals surface area contributed by atoms with Crippen molar-refractivity contribution in [3.8, 4) is 0 Å². The van der Waals surface area contributed by atoms with Gasteiger partial charge in [0, 0.05) is 11.7 Å². The van der Waals surface area contributed by atoms with Gasteiger partial charge >= 0.3 is 0 Å². The molecule has 0 radical (unpaired) electrons. The van der Waals surface area contributed by atoms with Gasteiger partial charge < -0.3 is 15.4 Å². The number of amides is 1. The average Bonchev–Trinajstić information content (AvgIpc) is 3.01. The quantitative estimate of drug-likeness (QED) is 0.868. The fraction of sp³-hybridized carbons (Fsp3) is 0.533. The maximum atomic E-state index is 11.8. The number of aryl methyl sites for hydroxylation is 1. The van der Waals surface area contributed by atoms with Crippen LogP contribution >= 0.6 is 0 Å². The molecule has 1 aromatic rings. The molecule has 2 N–H and O–H groups in total. The summed E-state index contributed by atoms with van der Waals surface area (Å²) < 4.78 is 5.75. The number of carbonyl (C=O) groups is 1. The highest BCUT2D eigenvalue weighted by molar-refractivity contribution is 5.92. The summed E-state index contributed by atoms with van der Waals surface area (Å²) in [7, 11) is 0. The van der Waals surface area contributed by atoms with E-state index < -0.39 is 0 Å². The molecule has 2 heterocycles. The molecule has 4 heteroatoms. The molecule has 0 aliphatic carbocycles. The van der Waals surface area contributed by atoms with Crippen molar-refractivity contribution in [1.82, 2.24) is 5.32 Å². The molecule has 0 spiro atoms. The maximum absolute atomic E-state index is 11.8. The van der Waals surface area contributed by atoms with Gasteiger partial charge in [0.1, 0.15) is 0 Å². The molecular formula is C15H20N2O2. The molecule has 2 bridgehead atoms. The van der Waals surface area contributed by atoms with Crippen molar-refractivity contribution >= 4 is 11.6 Å². The third kappa shape index (κ3) is 2.96. The molecule has 2 aliphatic heterocycles. The molecule has 2 aliphatic rings. The number of rotatable bonds is 4. The van der Waals surface area contributed by atoms with E-state index in [1.807, 2.05) is 31.2 Å². The summed E-state index contributed by atoms with van der Waals surface area (Å²) in [5.74, 6) is 0.00614. The fourth-order valence-corrected chi connectivity index (χ4v) is 2.92. The van der Waals surface area contributed by atoms with E-state index in [0.29, 0.717) is 24.8 Å². The van der Waals surface area contributed by atoms with Crippen LogP contribution < -0.4 is 10.6 Å². The summed E-state index contributed by atoms with van der Waals surface area (Å²) in [6, 6.07) is 8.18. The van der Waals surface area contributed by atoms with Crippen LogP contribution in [0, 0.1) is 6.92 Å². The second-order valence-electron chi connectivity index (χ2n) is 5.51. The van der Waals surface area contributed by atoms with E-state index in [1.54, 1.807) is 0 Å². The van der Waals surface area contributed by atoms with Crippen molar-refractivity contribution in [2.75, 3.05) is 11.9 Å². The first kappa shape index (κ1) is 12.6. The first-order valence-corrected chi connectivity index (χ1v) is 6.96. The highest BCUT2D eigenvalue weighted by atomic mass is 16.5. The van der Waals surface area contributed by atoms with Gasteiger partial charge in [0.15, 0.2) is 0 Å². The second kappa shape index (κ2) is 5.31. The summed E-state index contributed by atoms with van der Waals surface area (Å²) in [5, 5.41) is 6.20. The number of nitrogens with one attached hydrogen (secondary N) is 2. The van der Waals surface area contributed by atoms with Crippen LogP contribution in [0.2, 0.25) is 0 Å². The highest BCUT2D eigenvalue weighted by Gasteiger charge is 2.40. The lowest BCUT2D eigenvalue weighted by Crippen LogP contribution is -2.41. The number of ether oxygens (including phenoxy) is 1. The van der Waals surface area contributed by atoms with Gasteiger partial charge in [-0.15, -0.1) is 0 Å². The summed E-state index contributed by atoms with van der Waals surface area (Å²) in [4.78, 5) is 11.8. The van der Waals surface area contributed by atoms with Gasteiger partial charge in [-0.2, -0.15) is 0 Å². The number of carbonyl (C=O) groups excluding carboxylic acids is 1. The van der Waals surface area contributed by atoms with Crippen LogP contribution in [0.1, 0.15) is 24.8 Å². The SMILES string of the molecule is Cc1ccc(NC(=O)CNC2CC3CCC2O3)cc1. The average molecular weight is 260 g/mol. The zero-order valence-corrected chi connectivity index (χ0v) is 11.2. The molecule has 3 atom stereocenters. The smallest absolute Gasteiger partial charge is 0.238 e. The predicted molar refractivity (Wildman–Crippen MR) is 74.1 cm³/mol. The van der Waals surface area contributed by atoms with Gasteiger partial charge in [-0.1, -0.05) is 17.7 Å². The third-order valence-corrected chi connectivity index (χ3v) is 3.97. The highest BCUT2D eigenvalue weighted by Crippen LogP contribution is 2.34. The zero-order valence-electron chi connectivity index (χ0n) is 11.2. The van der Waals surface area contributed by atoms with Crippen LogP contribution in [0.5, 0.6) is 0 Å². The Balaban J connectivity index is 1.45. The van der Waals surface area contributed by atoms with Crippen molar-refractivity contribution in [1.29, 1.82) is 0 Å². The Kier molecular flexibility index (Phi) is 3.53. The molecule has 0 saturated carbocycles. The maximum Gasteiger partial charge on any atom is 0.238 e. The van der Waals surface area contributed by atoms with Gasteiger partial charge in [-0.25, -0.2) is 0 Å². The molecule has 2 fully saturated rings. The minimum absolute atomic E-state index is 0.00614. The lowest BCUT2D eigenvalue weighted by molar-refractivity contribution is -0.115. The van der Waals surface area contributed by atoms with Gasteiger partial charge in [-0.3, -0.25) is 4.79 Å². The Morgan fingerprint density at radius 3 is 2.74 bits per heavy atom. The molecule has 3 unspecified atom stereocenters. The molecule has 19 heavy (non-hydrogen) atoms. The van der Waals surface area contributed by atoms with Crippen molar-refractivity contribution in [3.63, 3.8) is 0 Å². The van der Waals surface area contributed by atoms with Crippen LogP contribution in [-0.4, -0.2) is 30.7 Å². The fourth-order valence-electron chi connectivity index (χ4n) is 2.92. The lowest BCUT2D eigenvalue weighted by atomic mass is 9.95. The lowest BCUT2D eigenvalue weighted by Gasteiger charge is -2.19. The van der Waals surface area contributed by atoms with Crippen molar-refractivity contribution in [2.45, 2.75) is 44.4 Å². The number of benzene rings is 1. The van der Waals surface area contributed by atoms with Gasteiger partial charge in [-0.05, 0) is 38.3 Å². The van der Waals surface area contributed by atoms with Gasteiger partial charge in [0.05, 0.1) is 18.8 Å². The summed E-state index contributed by atoms with van der Waals surface area (Å²) in [5.41, 5.74) is 2.04. The Bertz CT molecular complexity index is 458. The first-order chi connectivity index (χ1) is 9.20. The summed E-state index contributed by atoms with van der Waals surface area (Å²) >= 11 is 0. The Labute approximate surface area is 113 Å². The molecule has 4 nitrogen and oxygen atoms in total. The topological polar surface area (TPSA) is 50.4 Å². The predicted octanol–water partition coefficient (Wildman–Crippen LogP) is 1.84. The molecule has 3 rings (SSSR count). The molecule has 102 valence electrons. The van der Waals surface area contributed by atoms with Crippen LogP contribution in [-0.2, 0) is 9.53 Å². The summed E-state index contributed by atoms with van der Waals surface area (Å²) in [6.45, 7) is 2.38. The van der Waals surface area contributed by atoms with Crippen LogP contribution in [0.25, 0.3) is 0 Å². The third-order valence-electron chi connectivity index (χ3n) is 3.97. The molecular weight excluding hydrogens is 240 g/mol. The molecule has 2 saturated heterocycles. The zero-order chi connectivity index (χ0) is 13.2. The van der Waals surface area contributed by atoms with E-state index in [1.165, 1.54) is 12.0 Å². The largest absolute Gasteiger partial charge is 0.373 e. The van der Waals surface area contributed by atoms with Crippen LogP contribution in [0.3, 0.4) is 0 Å². The molecule has 0 aromatic heterocycles. The molecule has 1 amide bonds. The van der Waals surface area contributed by atoms with Crippen LogP contribution in [0.4, 0.5) is 5.69 Å². The summed E-state index contributed by atoms with van der Waals surface area (Å²) in [6.07, 6.45) is 4.09. The Hall–Kier alpha value is -1.39. The van der Waals surface area contributed by atoms with Gasteiger partial charge in [0.25, 0.3) is 0 Å². The number of anilines is 1. The molecule has 1 aromatic carbocycles. The van der Waals surface area contributed by atoms with E-state index in [2.05, 4.69) is 10.6 Å². The van der Waals surface area contributed by atoms with E-state index >= 15 is 0 Å². The minimum Gasteiger partial charge on any atom is -0.373 e. The Morgan fingerprint density at radius 1 is 1.32 bits per heavy atom. The normalized spacial score (nSPS) is 28.6. The van der Waals surface area contributed by atoms with Gasteiger partial charge in [0.2, 0.25) is 5.91 Å². The standard InChI is InChI=1S/C15H20N2O2/c1-10-2-4-11(5-3-10)17-15(18)9-16-13-8-12-6-7-14(13)19-12/h2-5,12-14,16H,6-9H2,1H3,(H,17,18). The monoisotopic (exact) mass is 260 g/mol. The van der Waals surface area contributed by atoms with Crippen molar-refractivity contribution in [3.05, 3.63) is 29.8 Å².